The molecule has 1 aromatic rings. The van der Waals surface area contributed by atoms with E-state index in [2.05, 4.69) is 46.4 Å². The van der Waals surface area contributed by atoms with Gasteiger partial charge in [-0.3, -0.25) is 9.89 Å². The van der Waals surface area contributed by atoms with E-state index in [0.29, 0.717) is 12.1 Å². The minimum Gasteiger partial charge on any atom is -0.379 e. The van der Waals surface area contributed by atoms with Crippen molar-refractivity contribution in [2.75, 3.05) is 32.8 Å². The molecule has 0 aromatic carbocycles. The zero-order valence-corrected chi connectivity index (χ0v) is 16.5. The summed E-state index contributed by atoms with van der Waals surface area (Å²) in [5.41, 5.74) is 0. The summed E-state index contributed by atoms with van der Waals surface area (Å²) >= 11 is 0. The molecule has 26 heavy (non-hydrogen) atoms. The van der Waals surface area contributed by atoms with Crippen molar-refractivity contribution in [2.45, 2.75) is 65.2 Å². The first-order valence-corrected chi connectivity index (χ1v) is 9.88. The number of hydrogen-bond donors (Lipinski definition) is 2. The molecule has 0 bridgehead atoms. The smallest absolute Gasteiger partial charge is 0.191 e. The Balaban J connectivity index is 1.64. The molecule has 3 rings (SSSR count). The maximum Gasteiger partial charge on any atom is 0.191 e. The summed E-state index contributed by atoms with van der Waals surface area (Å²) < 4.78 is 7.57. The van der Waals surface area contributed by atoms with Crippen LogP contribution in [0.15, 0.2) is 4.99 Å². The van der Waals surface area contributed by atoms with E-state index in [0.717, 1.165) is 69.8 Å². The van der Waals surface area contributed by atoms with Gasteiger partial charge in [0.25, 0.3) is 0 Å². The third kappa shape index (κ3) is 4.54. The second-order valence-electron chi connectivity index (χ2n) is 7.31. The number of nitrogens with zero attached hydrogens (tertiary/aromatic N) is 5. The molecule has 2 aliphatic rings. The predicted octanol–water partition coefficient (Wildman–Crippen LogP) is 1.09. The lowest BCUT2D eigenvalue weighted by atomic mass is 10.1. The number of nitrogens with one attached hydrogen (secondary N) is 2. The van der Waals surface area contributed by atoms with E-state index in [1.165, 1.54) is 0 Å². The van der Waals surface area contributed by atoms with Gasteiger partial charge >= 0.3 is 0 Å². The number of fused-ring (bicyclic) bond motifs is 1. The van der Waals surface area contributed by atoms with Crippen LogP contribution in [0.5, 0.6) is 0 Å². The van der Waals surface area contributed by atoms with Crippen LogP contribution in [0, 0.1) is 6.92 Å². The fourth-order valence-electron chi connectivity index (χ4n) is 3.81. The van der Waals surface area contributed by atoms with Gasteiger partial charge in [-0.05, 0) is 40.5 Å². The van der Waals surface area contributed by atoms with E-state index in [4.69, 9.17) is 9.73 Å². The summed E-state index contributed by atoms with van der Waals surface area (Å²) in [5.74, 6) is 2.72. The lowest BCUT2D eigenvalue weighted by Crippen LogP contribution is -2.50. The minimum atomic E-state index is 0.167. The number of morpholine rings is 1. The molecule has 1 fully saturated rings. The molecule has 0 saturated carbocycles. The number of aromatic nitrogens is 3. The second kappa shape index (κ2) is 8.81. The van der Waals surface area contributed by atoms with Gasteiger partial charge in [0.05, 0.1) is 25.8 Å². The maximum absolute atomic E-state index is 5.54. The molecule has 0 amide bonds. The van der Waals surface area contributed by atoms with E-state index in [1.807, 2.05) is 11.6 Å². The van der Waals surface area contributed by atoms with Crippen molar-refractivity contribution in [3.8, 4) is 0 Å². The summed E-state index contributed by atoms with van der Waals surface area (Å²) in [6.45, 7) is 13.7. The largest absolute Gasteiger partial charge is 0.379 e. The molecular formula is C18H33N7O. The number of aliphatic imine (C=N–C) groups is 1. The van der Waals surface area contributed by atoms with Gasteiger partial charge in [0.1, 0.15) is 11.6 Å². The van der Waals surface area contributed by atoms with Crippen LogP contribution in [0.25, 0.3) is 0 Å². The number of guanidine groups is 1. The maximum atomic E-state index is 5.54. The van der Waals surface area contributed by atoms with Crippen molar-refractivity contribution in [3.63, 3.8) is 0 Å². The van der Waals surface area contributed by atoms with Crippen LogP contribution < -0.4 is 10.6 Å². The molecule has 1 saturated heterocycles. The Morgan fingerprint density at radius 3 is 3.04 bits per heavy atom. The van der Waals surface area contributed by atoms with Gasteiger partial charge in [-0.25, -0.2) is 9.67 Å². The standard InChI is InChI=1S/C18H33N7O/c1-5-19-18(20-11-13(2)24-9-10-26-12-14(24)3)22-16-7-6-8-25-17(16)21-15(4)23-25/h13-14,16H,5-12H2,1-4H3,(H2,19,20,22). The number of rotatable bonds is 5. The Hall–Kier alpha value is -1.67. The van der Waals surface area contributed by atoms with Crippen LogP contribution in [-0.4, -0.2) is 70.6 Å². The average molecular weight is 364 g/mol. The Labute approximate surface area is 156 Å². The normalized spacial score (nSPS) is 25.6. The highest BCUT2D eigenvalue weighted by Crippen LogP contribution is 2.22. The fraction of sp³-hybridized carbons (Fsp3) is 0.833. The lowest BCUT2D eigenvalue weighted by Gasteiger charge is -2.37. The Morgan fingerprint density at radius 1 is 1.42 bits per heavy atom. The topological polar surface area (TPSA) is 79.6 Å². The average Bonchev–Trinajstić information content (AvgIpc) is 3.01. The molecule has 2 aliphatic heterocycles. The van der Waals surface area contributed by atoms with Crippen molar-refractivity contribution >= 4 is 5.96 Å². The third-order valence-electron chi connectivity index (χ3n) is 5.13. The van der Waals surface area contributed by atoms with Crippen molar-refractivity contribution in [3.05, 3.63) is 11.6 Å². The minimum absolute atomic E-state index is 0.167. The van der Waals surface area contributed by atoms with E-state index < -0.39 is 0 Å². The van der Waals surface area contributed by atoms with E-state index in [9.17, 15) is 0 Å². The molecule has 2 N–H and O–H groups in total. The molecule has 3 atom stereocenters. The number of aryl methyl sites for hydroxylation is 2. The first-order valence-electron chi connectivity index (χ1n) is 9.88. The molecule has 3 heterocycles. The number of ether oxygens (including phenoxy) is 1. The summed E-state index contributed by atoms with van der Waals surface area (Å²) in [4.78, 5) is 11.9. The molecule has 0 spiro atoms. The van der Waals surface area contributed by atoms with Gasteiger partial charge in [-0.15, -0.1) is 0 Å². The highest BCUT2D eigenvalue weighted by Gasteiger charge is 2.25. The molecule has 8 nitrogen and oxygen atoms in total. The third-order valence-corrected chi connectivity index (χ3v) is 5.13. The first-order chi connectivity index (χ1) is 12.6. The Bertz CT molecular complexity index is 615. The number of hydrogen-bond acceptors (Lipinski definition) is 5. The van der Waals surface area contributed by atoms with Crippen LogP contribution in [0.2, 0.25) is 0 Å². The van der Waals surface area contributed by atoms with Gasteiger partial charge in [-0.2, -0.15) is 5.10 Å². The van der Waals surface area contributed by atoms with Crippen molar-refractivity contribution in [1.29, 1.82) is 0 Å². The summed E-state index contributed by atoms with van der Waals surface area (Å²) in [5, 5.41) is 11.4. The zero-order chi connectivity index (χ0) is 18.5. The Kier molecular flexibility index (Phi) is 6.48. The van der Waals surface area contributed by atoms with Crippen molar-refractivity contribution in [1.82, 2.24) is 30.3 Å². The lowest BCUT2D eigenvalue weighted by molar-refractivity contribution is -0.0165. The monoisotopic (exact) mass is 363 g/mol. The van der Waals surface area contributed by atoms with Gasteiger partial charge in [0, 0.05) is 31.7 Å². The van der Waals surface area contributed by atoms with Gasteiger partial charge in [-0.1, -0.05) is 0 Å². The Morgan fingerprint density at radius 2 is 2.27 bits per heavy atom. The van der Waals surface area contributed by atoms with Gasteiger partial charge in [0.2, 0.25) is 0 Å². The van der Waals surface area contributed by atoms with Crippen LogP contribution in [-0.2, 0) is 11.3 Å². The molecule has 1 aromatic heterocycles. The van der Waals surface area contributed by atoms with Gasteiger partial charge < -0.3 is 15.4 Å². The van der Waals surface area contributed by atoms with Crippen LogP contribution in [0.3, 0.4) is 0 Å². The van der Waals surface area contributed by atoms with Gasteiger partial charge in [0.15, 0.2) is 5.96 Å². The van der Waals surface area contributed by atoms with Crippen LogP contribution in [0.4, 0.5) is 0 Å². The quantitative estimate of drug-likeness (QED) is 0.602. The molecule has 146 valence electrons. The second-order valence-corrected chi connectivity index (χ2v) is 7.31. The SMILES string of the molecule is CCNC(=NCC(C)N1CCOCC1C)NC1CCCn2nc(C)nc21. The van der Waals surface area contributed by atoms with E-state index >= 15 is 0 Å². The van der Waals surface area contributed by atoms with Crippen molar-refractivity contribution < 1.29 is 4.74 Å². The first kappa shape index (κ1) is 19.1. The molecule has 0 aliphatic carbocycles. The highest BCUT2D eigenvalue weighted by molar-refractivity contribution is 5.80. The van der Waals surface area contributed by atoms with Crippen molar-refractivity contribution in [2.24, 2.45) is 4.99 Å². The summed E-state index contributed by atoms with van der Waals surface area (Å²) in [7, 11) is 0. The van der Waals surface area contributed by atoms with E-state index in [1.54, 1.807) is 0 Å². The van der Waals surface area contributed by atoms with Crippen LogP contribution in [0.1, 0.15) is 51.3 Å². The highest BCUT2D eigenvalue weighted by atomic mass is 16.5. The molecule has 3 unspecified atom stereocenters. The van der Waals surface area contributed by atoms with E-state index in [-0.39, 0.29) is 6.04 Å². The molecular weight excluding hydrogens is 330 g/mol. The molecule has 8 heteroatoms. The zero-order valence-electron chi connectivity index (χ0n) is 16.5. The molecule has 0 radical (unpaired) electrons. The summed E-state index contributed by atoms with van der Waals surface area (Å²) in [6, 6.07) is 1.01. The fourth-order valence-corrected chi connectivity index (χ4v) is 3.81. The predicted molar refractivity (Wildman–Crippen MR) is 102 cm³/mol. The van der Waals surface area contributed by atoms with Crippen LogP contribution >= 0.6 is 0 Å². The summed E-state index contributed by atoms with van der Waals surface area (Å²) in [6.07, 6.45) is 2.16.